The van der Waals surface area contributed by atoms with E-state index in [1.807, 2.05) is 0 Å². The zero-order valence-corrected chi connectivity index (χ0v) is 12.0. The van der Waals surface area contributed by atoms with E-state index in [9.17, 15) is 19.8 Å². The van der Waals surface area contributed by atoms with Crippen LogP contribution in [-0.2, 0) is 14.1 Å². The Bertz CT molecular complexity index is 422. The number of amides is 3. The first-order valence-corrected chi connectivity index (χ1v) is 7.41. The summed E-state index contributed by atoms with van der Waals surface area (Å²) in [5.41, 5.74) is 0. The zero-order valence-electron chi connectivity index (χ0n) is 11.1. The summed E-state index contributed by atoms with van der Waals surface area (Å²) in [4.78, 5) is 41.6. The highest BCUT2D eigenvalue weighted by molar-refractivity contribution is 7.39. The molecule has 11 heteroatoms. The summed E-state index contributed by atoms with van der Waals surface area (Å²) in [6, 6.07) is -0.720. The molecule has 0 aromatic carbocycles. The molecule has 2 saturated heterocycles. The average Bonchev–Trinajstić information content (AvgIpc) is 2.68. The Morgan fingerprint density at radius 1 is 1.38 bits per heavy atom. The molecule has 2 heterocycles. The normalized spacial score (nSPS) is 37.2. The number of carbonyl (C=O) groups excluding carboxylic acids is 2. The molecule has 21 heavy (non-hydrogen) atoms. The van der Waals surface area contributed by atoms with Gasteiger partial charge in [0.05, 0.1) is 12.5 Å². The van der Waals surface area contributed by atoms with E-state index in [1.165, 1.54) is 0 Å². The van der Waals surface area contributed by atoms with Crippen LogP contribution in [0.1, 0.15) is 6.92 Å². The number of hydrogen-bond donors (Lipinski definition) is 5. The number of hydrogen-bond acceptors (Lipinski definition) is 8. The van der Waals surface area contributed by atoms with Gasteiger partial charge in [-0.1, -0.05) is 6.92 Å². The van der Waals surface area contributed by atoms with Crippen molar-refractivity contribution >= 4 is 20.5 Å². The van der Waals surface area contributed by atoms with Gasteiger partial charge in [0.15, 0.2) is 6.23 Å². The van der Waals surface area contributed by atoms with Crippen LogP contribution in [0.2, 0.25) is 0 Å². The minimum atomic E-state index is -2.61. The lowest BCUT2D eigenvalue weighted by Gasteiger charge is -2.35. The molecule has 3 amide bonds. The van der Waals surface area contributed by atoms with E-state index in [0.29, 0.717) is 0 Å². The molecule has 0 saturated carbocycles. The Morgan fingerprint density at radius 2 is 2.05 bits per heavy atom. The molecule has 2 aliphatic rings. The molecule has 0 unspecified atom stereocenters. The number of rotatable bonds is 4. The quantitative estimate of drug-likeness (QED) is 0.367. The highest BCUT2D eigenvalue weighted by Crippen LogP contribution is 2.30. The first kappa shape index (κ1) is 16.5. The third kappa shape index (κ3) is 3.49. The van der Waals surface area contributed by atoms with Crippen LogP contribution in [0.25, 0.3) is 0 Å². The predicted octanol–water partition coefficient (Wildman–Crippen LogP) is -2.15. The van der Waals surface area contributed by atoms with Gasteiger partial charge in [0.2, 0.25) is 5.91 Å². The van der Waals surface area contributed by atoms with Crippen LogP contribution >= 0.6 is 8.60 Å². The minimum absolute atomic E-state index is 0.0411. The number of aliphatic hydroxyl groups is 2. The number of urea groups is 1. The van der Waals surface area contributed by atoms with Crippen molar-refractivity contribution in [3.05, 3.63) is 0 Å². The maximum absolute atomic E-state index is 11.8. The lowest BCUT2D eigenvalue weighted by molar-refractivity contribution is -0.130. The zero-order chi connectivity index (χ0) is 15.7. The summed E-state index contributed by atoms with van der Waals surface area (Å²) >= 11 is 0. The van der Waals surface area contributed by atoms with Gasteiger partial charge in [-0.15, -0.1) is 0 Å². The van der Waals surface area contributed by atoms with Crippen molar-refractivity contribution < 1.29 is 38.8 Å². The number of nitrogens with one attached hydrogen (secondary N) is 1. The molecule has 120 valence electrons. The van der Waals surface area contributed by atoms with Crippen molar-refractivity contribution in [3.8, 4) is 0 Å². The fraction of sp³-hybridized carbons (Fsp3) is 0.800. The second-order valence-electron chi connectivity index (χ2n) is 4.94. The maximum atomic E-state index is 11.8. The van der Waals surface area contributed by atoms with Crippen molar-refractivity contribution in [2.24, 2.45) is 5.92 Å². The van der Waals surface area contributed by atoms with E-state index in [4.69, 9.17) is 14.5 Å². The van der Waals surface area contributed by atoms with E-state index in [1.54, 1.807) is 6.92 Å². The molecule has 0 aliphatic carbocycles. The summed E-state index contributed by atoms with van der Waals surface area (Å²) in [6.45, 7) is 1.30. The Kier molecular flexibility index (Phi) is 5.10. The molecule has 2 fully saturated rings. The first-order valence-electron chi connectivity index (χ1n) is 6.25. The number of nitrogens with zero attached hydrogens (tertiary/aromatic N) is 1. The molecule has 0 aromatic heterocycles. The summed E-state index contributed by atoms with van der Waals surface area (Å²) < 4.78 is 9.90. The van der Waals surface area contributed by atoms with Crippen molar-refractivity contribution in [3.63, 3.8) is 0 Å². The van der Waals surface area contributed by atoms with Crippen LogP contribution in [-0.4, -0.2) is 74.5 Å². The van der Waals surface area contributed by atoms with E-state index >= 15 is 0 Å². The lowest BCUT2D eigenvalue weighted by atomic mass is 10.1. The van der Waals surface area contributed by atoms with Gasteiger partial charge in [0.25, 0.3) is 0 Å². The molecule has 2 aliphatic heterocycles. The molecule has 0 spiro atoms. The summed E-state index contributed by atoms with van der Waals surface area (Å²) in [5.74, 6) is -0.899. The average molecular weight is 324 g/mol. The van der Waals surface area contributed by atoms with Crippen molar-refractivity contribution in [1.82, 2.24) is 10.2 Å². The van der Waals surface area contributed by atoms with Crippen molar-refractivity contribution in [2.75, 3.05) is 13.2 Å². The van der Waals surface area contributed by atoms with Crippen LogP contribution < -0.4 is 5.32 Å². The summed E-state index contributed by atoms with van der Waals surface area (Å²) in [6.07, 6.45) is -4.91. The highest BCUT2D eigenvalue weighted by atomic mass is 31.2. The van der Waals surface area contributed by atoms with E-state index < -0.39 is 51.0 Å². The Morgan fingerprint density at radius 3 is 2.67 bits per heavy atom. The number of aliphatic hydroxyl groups excluding tert-OH is 2. The molecule has 10 nitrogen and oxygen atoms in total. The lowest BCUT2D eigenvalue weighted by Crippen LogP contribution is -2.59. The second kappa shape index (κ2) is 6.49. The number of ether oxygens (including phenoxy) is 1. The van der Waals surface area contributed by atoms with Gasteiger partial charge < -0.3 is 29.3 Å². The molecule has 2 rings (SSSR count). The molecule has 0 radical (unpaired) electrons. The van der Waals surface area contributed by atoms with E-state index in [0.717, 1.165) is 4.90 Å². The Balaban J connectivity index is 2.03. The number of imide groups is 1. The molecular formula is C10H17N2O8P. The highest BCUT2D eigenvalue weighted by Gasteiger charge is 2.48. The van der Waals surface area contributed by atoms with Gasteiger partial charge in [0, 0.05) is 6.54 Å². The smallest absolute Gasteiger partial charge is 0.327 e. The van der Waals surface area contributed by atoms with Crippen LogP contribution in [0, 0.1) is 5.92 Å². The second-order valence-corrected chi connectivity index (χ2v) is 5.71. The molecular weight excluding hydrogens is 307 g/mol. The topological polar surface area (TPSA) is 149 Å². The molecule has 5 atom stereocenters. The SMILES string of the molecule is C[C@@H]1CN([C@@H]2O[C@H](COP(O)O)[C@@H](O)[C@H]2O)C(=O)NC1=O. The van der Waals surface area contributed by atoms with Gasteiger partial charge in [-0.05, 0) is 0 Å². The maximum Gasteiger partial charge on any atom is 0.327 e. The fourth-order valence-corrected chi connectivity index (χ4v) is 2.53. The van der Waals surface area contributed by atoms with Crippen molar-refractivity contribution in [1.29, 1.82) is 0 Å². The standard InChI is InChI=1S/C10H17N2O8P/c1-4-2-12(10(16)11-8(4)15)9-7(14)6(13)5(20-9)3-19-21(17)18/h4-7,9,13-14,17-18H,2-3H2,1H3,(H,11,15,16)/t4-,5-,6-,7-,9-/m1/s1. The molecule has 0 bridgehead atoms. The van der Waals surface area contributed by atoms with E-state index in [-0.39, 0.29) is 13.2 Å². The monoisotopic (exact) mass is 324 g/mol. The van der Waals surface area contributed by atoms with Gasteiger partial charge in [0.1, 0.15) is 18.3 Å². The van der Waals surface area contributed by atoms with Gasteiger partial charge in [-0.25, -0.2) is 4.79 Å². The van der Waals surface area contributed by atoms with Gasteiger partial charge in [-0.2, -0.15) is 0 Å². The summed E-state index contributed by atoms with van der Waals surface area (Å²) in [7, 11) is -2.61. The van der Waals surface area contributed by atoms with Crippen molar-refractivity contribution in [2.45, 2.75) is 31.5 Å². The third-order valence-electron chi connectivity index (χ3n) is 3.41. The largest absolute Gasteiger partial charge is 0.387 e. The molecule has 5 N–H and O–H groups in total. The minimum Gasteiger partial charge on any atom is -0.387 e. The Labute approximate surface area is 121 Å². The van der Waals surface area contributed by atoms with Gasteiger partial charge >= 0.3 is 14.6 Å². The predicted molar refractivity (Wildman–Crippen MR) is 67.4 cm³/mol. The number of carbonyl (C=O) groups is 2. The third-order valence-corrected chi connectivity index (χ3v) is 3.79. The van der Waals surface area contributed by atoms with Gasteiger partial charge in [-0.3, -0.25) is 15.0 Å². The molecule has 0 aromatic rings. The summed E-state index contributed by atoms with van der Waals surface area (Å²) in [5, 5.41) is 21.9. The van der Waals surface area contributed by atoms with Crippen LogP contribution in [0.3, 0.4) is 0 Å². The van der Waals surface area contributed by atoms with Crippen LogP contribution in [0.4, 0.5) is 4.79 Å². The Hall–Kier alpha value is -0.870. The van der Waals surface area contributed by atoms with Crippen LogP contribution in [0.15, 0.2) is 0 Å². The van der Waals surface area contributed by atoms with E-state index in [2.05, 4.69) is 9.84 Å². The van der Waals surface area contributed by atoms with Crippen LogP contribution in [0.5, 0.6) is 0 Å². The fourth-order valence-electron chi connectivity index (χ4n) is 2.25. The first-order chi connectivity index (χ1) is 9.81.